The van der Waals surface area contributed by atoms with Crippen LogP contribution in [0.2, 0.25) is 0 Å². The van der Waals surface area contributed by atoms with E-state index in [0.29, 0.717) is 6.04 Å². The van der Waals surface area contributed by atoms with E-state index in [2.05, 4.69) is 55.7 Å². The van der Waals surface area contributed by atoms with Gasteiger partial charge in [-0.2, -0.15) is 0 Å². The van der Waals surface area contributed by atoms with Gasteiger partial charge < -0.3 is 10.2 Å². The molecule has 1 aromatic rings. The third-order valence-corrected chi connectivity index (χ3v) is 4.08. The van der Waals surface area contributed by atoms with E-state index in [4.69, 9.17) is 0 Å². The Morgan fingerprint density at radius 1 is 1.35 bits per heavy atom. The first-order valence-corrected chi connectivity index (χ1v) is 7.43. The second-order valence-electron chi connectivity index (χ2n) is 5.05. The van der Waals surface area contributed by atoms with Crippen LogP contribution in [0.4, 0.5) is 0 Å². The molecule has 1 N–H and O–H groups in total. The molecule has 0 bridgehead atoms. The lowest BCUT2D eigenvalue weighted by atomic mass is 10.1. The van der Waals surface area contributed by atoms with Crippen molar-refractivity contribution >= 4 is 11.3 Å². The molecule has 1 rings (SSSR count). The van der Waals surface area contributed by atoms with Gasteiger partial charge in [-0.1, -0.05) is 26.3 Å². The molecule has 2 unspecified atom stereocenters. The average Bonchev–Trinajstić information content (AvgIpc) is 2.77. The van der Waals surface area contributed by atoms with Gasteiger partial charge >= 0.3 is 0 Å². The lowest BCUT2D eigenvalue weighted by Crippen LogP contribution is -2.32. The van der Waals surface area contributed by atoms with Crippen molar-refractivity contribution in [2.24, 2.45) is 5.92 Å². The van der Waals surface area contributed by atoms with Gasteiger partial charge in [0.15, 0.2) is 0 Å². The number of likely N-dealkylation sites (N-methyl/N-ethyl adjacent to an activating group) is 1. The maximum Gasteiger partial charge on any atom is 0.0561 e. The minimum absolute atomic E-state index is 0.504. The molecule has 0 aliphatic heterocycles. The maximum atomic E-state index is 3.60. The summed E-state index contributed by atoms with van der Waals surface area (Å²) in [6.45, 7) is 6.75. The topological polar surface area (TPSA) is 15.3 Å². The van der Waals surface area contributed by atoms with Crippen molar-refractivity contribution in [3.63, 3.8) is 0 Å². The van der Waals surface area contributed by atoms with Crippen LogP contribution in [0.15, 0.2) is 17.5 Å². The minimum Gasteiger partial charge on any atom is -0.315 e. The van der Waals surface area contributed by atoms with Gasteiger partial charge in [0.25, 0.3) is 0 Å². The molecular formula is C14H26N2S. The largest absolute Gasteiger partial charge is 0.315 e. The molecule has 0 radical (unpaired) electrons. The Kier molecular flexibility index (Phi) is 6.78. The summed E-state index contributed by atoms with van der Waals surface area (Å²) in [6.07, 6.45) is 2.60. The summed E-state index contributed by atoms with van der Waals surface area (Å²) in [5, 5.41) is 5.76. The van der Waals surface area contributed by atoms with E-state index in [9.17, 15) is 0 Å². The zero-order chi connectivity index (χ0) is 12.7. The summed E-state index contributed by atoms with van der Waals surface area (Å²) in [4.78, 5) is 3.74. The molecule has 3 heteroatoms. The molecule has 2 atom stereocenters. The van der Waals surface area contributed by atoms with Crippen molar-refractivity contribution in [2.75, 3.05) is 27.2 Å². The highest BCUT2D eigenvalue weighted by Gasteiger charge is 2.14. The zero-order valence-corrected chi connectivity index (χ0v) is 12.4. The predicted molar refractivity (Wildman–Crippen MR) is 77.7 cm³/mol. The number of nitrogens with one attached hydrogen (secondary N) is 1. The quantitative estimate of drug-likeness (QED) is 0.765. The Balaban J connectivity index is 2.36. The smallest absolute Gasteiger partial charge is 0.0561 e. The summed E-state index contributed by atoms with van der Waals surface area (Å²) in [5.74, 6) is 0.783. The van der Waals surface area contributed by atoms with Gasteiger partial charge in [-0.3, -0.25) is 0 Å². The summed E-state index contributed by atoms with van der Waals surface area (Å²) < 4.78 is 0. The van der Waals surface area contributed by atoms with E-state index in [-0.39, 0.29) is 0 Å². The van der Waals surface area contributed by atoms with Gasteiger partial charge in [-0.15, -0.1) is 11.3 Å². The Bertz CT molecular complexity index is 282. The molecular weight excluding hydrogens is 228 g/mol. The molecule has 17 heavy (non-hydrogen) atoms. The highest BCUT2D eigenvalue weighted by molar-refractivity contribution is 7.10. The van der Waals surface area contributed by atoms with Gasteiger partial charge in [0.2, 0.25) is 0 Å². The van der Waals surface area contributed by atoms with Gasteiger partial charge in [-0.25, -0.2) is 0 Å². The zero-order valence-electron chi connectivity index (χ0n) is 11.6. The molecule has 0 amide bonds. The van der Waals surface area contributed by atoms with Gasteiger partial charge in [0.05, 0.1) is 6.04 Å². The van der Waals surface area contributed by atoms with Crippen LogP contribution < -0.4 is 5.32 Å². The molecule has 0 saturated heterocycles. The third-order valence-electron chi connectivity index (χ3n) is 3.11. The third kappa shape index (κ3) is 5.19. The molecule has 0 fully saturated rings. The molecule has 1 heterocycles. The number of hydrogen-bond donors (Lipinski definition) is 1. The van der Waals surface area contributed by atoms with Crippen LogP contribution in [0.25, 0.3) is 0 Å². The van der Waals surface area contributed by atoms with Crippen molar-refractivity contribution in [3.8, 4) is 0 Å². The first kappa shape index (κ1) is 14.7. The monoisotopic (exact) mass is 254 g/mol. The summed E-state index contributed by atoms with van der Waals surface area (Å²) in [7, 11) is 4.31. The van der Waals surface area contributed by atoms with E-state index >= 15 is 0 Å². The fourth-order valence-electron chi connectivity index (χ4n) is 2.08. The van der Waals surface area contributed by atoms with Crippen LogP contribution in [0, 0.1) is 5.92 Å². The highest BCUT2D eigenvalue weighted by Crippen LogP contribution is 2.22. The van der Waals surface area contributed by atoms with Gasteiger partial charge in [0.1, 0.15) is 0 Å². The van der Waals surface area contributed by atoms with Crippen LogP contribution in [-0.2, 0) is 0 Å². The summed E-state index contributed by atoms with van der Waals surface area (Å²) in [6, 6.07) is 4.87. The second kappa shape index (κ2) is 7.85. The van der Waals surface area contributed by atoms with E-state index in [1.165, 1.54) is 17.7 Å². The standard InChI is InChI=1S/C14H26N2S/c1-5-7-12(2)10-15-11-13(16(3)4)14-8-6-9-17-14/h6,8-9,12-13,15H,5,7,10-11H2,1-4H3. The molecule has 2 nitrogen and oxygen atoms in total. The minimum atomic E-state index is 0.504. The van der Waals surface area contributed by atoms with Crippen molar-refractivity contribution < 1.29 is 0 Å². The average molecular weight is 254 g/mol. The molecule has 0 saturated carbocycles. The maximum absolute atomic E-state index is 3.60. The molecule has 98 valence electrons. The second-order valence-corrected chi connectivity index (χ2v) is 6.03. The Morgan fingerprint density at radius 2 is 2.12 bits per heavy atom. The highest BCUT2D eigenvalue weighted by atomic mass is 32.1. The van der Waals surface area contributed by atoms with Crippen LogP contribution in [0.5, 0.6) is 0 Å². The van der Waals surface area contributed by atoms with Crippen LogP contribution in [-0.4, -0.2) is 32.1 Å². The first-order chi connectivity index (χ1) is 8.15. The lowest BCUT2D eigenvalue weighted by molar-refractivity contribution is 0.287. The van der Waals surface area contributed by atoms with E-state index in [0.717, 1.165) is 19.0 Å². The van der Waals surface area contributed by atoms with Crippen LogP contribution >= 0.6 is 11.3 Å². The predicted octanol–water partition coefficient (Wildman–Crippen LogP) is 3.38. The van der Waals surface area contributed by atoms with Crippen molar-refractivity contribution in [1.82, 2.24) is 10.2 Å². The van der Waals surface area contributed by atoms with E-state index in [1.807, 2.05) is 11.3 Å². The molecule has 0 aliphatic rings. The summed E-state index contributed by atoms with van der Waals surface area (Å²) in [5.41, 5.74) is 0. The number of hydrogen-bond acceptors (Lipinski definition) is 3. The fraction of sp³-hybridized carbons (Fsp3) is 0.714. The van der Waals surface area contributed by atoms with Crippen LogP contribution in [0.1, 0.15) is 37.6 Å². The number of thiophene rings is 1. The molecule has 0 aliphatic carbocycles. The Morgan fingerprint density at radius 3 is 2.65 bits per heavy atom. The first-order valence-electron chi connectivity index (χ1n) is 6.55. The fourth-order valence-corrected chi connectivity index (χ4v) is 3.00. The van der Waals surface area contributed by atoms with E-state index < -0.39 is 0 Å². The SMILES string of the molecule is CCCC(C)CNCC(c1cccs1)N(C)C. The number of nitrogens with zero attached hydrogens (tertiary/aromatic N) is 1. The Hall–Kier alpha value is -0.380. The van der Waals surface area contributed by atoms with Crippen molar-refractivity contribution in [3.05, 3.63) is 22.4 Å². The van der Waals surface area contributed by atoms with E-state index in [1.54, 1.807) is 0 Å². The summed E-state index contributed by atoms with van der Waals surface area (Å²) >= 11 is 1.85. The molecule has 0 aromatic carbocycles. The normalized spacial score (nSPS) is 15.1. The molecule has 0 spiro atoms. The van der Waals surface area contributed by atoms with Crippen LogP contribution in [0.3, 0.4) is 0 Å². The van der Waals surface area contributed by atoms with Crippen molar-refractivity contribution in [1.29, 1.82) is 0 Å². The Labute approximate surface area is 110 Å². The van der Waals surface area contributed by atoms with Gasteiger partial charge in [-0.05, 0) is 44.4 Å². The lowest BCUT2D eigenvalue weighted by Gasteiger charge is -2.24. The van der Waals surface area contributed by atoms with Crippen molar-refractivity contribution in [2.45, 2.75) is 32.7 Å². The van der Waals surface area contributed by atoms with Gasteiger partial charge in [0, 0.05) is 11.4 Å². The number of rotatable bonds is 8. The molecule has 1 aromatic heterocycles.